The second-order valence-electron chi connectivity index (χ2n) is 4.90. The number of phenolic OH excluding ortho intramolecular Hbond substituents is 1. The largest absolute Gasteiger partial charge is 0.508 e. The number of phenols is 1. The molecule has 0 aliphatic rings. The number of rotatable bonds is 6. The fourth-order valence-corrected chi connectivity index (χ4v) is 1.84. The summed E-state index contributed by atoms with van der Waals surface area (Å²) in [6, 6.07) is 6.64. The minimum Gasteiger partial charge on any atom is -0.508 e. The van der Waals surface area contributed by atoms with Gasteiger partial charge in [0.15, 0.2) is 0 Å². The number of nitrogens with zero attached hydrogens (tertiary/aromatic N) is 1. The maximum absolute atomic E-state index is 12.0. The van der Waals surface area contributed by atoms with E-state index in [1.165, 1.54) is 7.11 Å². The van der Waals surface area contributed by atoms with Gasteiger partial charge in [0.25, 0.3) is 0 Å². The molecule has 5 nitrogen and oxygen atoms in total. The van der Waals surface area contributed by atoms with Crippen LogP contribution in [0, 0.1) is 0 Å². The van der Waals surface area contributed by atoms with Crippen LogP contribution in [0.25, 0.3) is 0 Å². The molecule has 0 radical (unpaired) electrons. The Kier molecular flexibility index (Phi) is 5.32. The molecule has 0 amide bonds. The van der Waals surface area contributed by atoms with E-state index in [0.29, 0.717) is 12.1 Å². The molecule has 106 valence electrons. The van der Waals surface area contributed by atoms with E-state index in [0.717, 1.165) is 6.54 Å². The van der Waals surface area contributed by atoms with Crippen LogP contribution in [0.15, 0.2) is 24.3 Å². The van der Waals surface area contributed by atoms with E-state index < -0.39 is 5.54 Å². The predicted molar refractivity (Wildman–Crippen MR) is 74.0 cm³/mol. The van der Waals surface area contributed by atoms with E-state index >= 15 is 0 Å². The Bertz CT molecular complexity index is 434. The molecule has 1 rings (SSSR count). The van der Waals surface area contributed by atoms with Crippen molar-refractivity contribution in [3.8, 4) is 5.75 Å². The highest BCUT2D eigenvalue weighted by molar-refractivity contribution is 5.82. The van der Waals surface area contributed by atoms with E-state index in [1.807, 2.05) is 19.0 Å². The van der Waals surface area contributed by atoms with Crippen LogP contribution in [0.1, 0.15) is 12.5 Å². The number of ether oxygens (including phenoxy) is 1. The smallest absolute Gasteiger partial charge is 0.330 e. The maximum Gasteiger partial charge on any atom is 0.330 e. The number of benzene rings is 1. The van der Waals surface area contributed by atoms with E-state index in [2.05, 4.69) is 5.32 Å². The molecule has 0 fully saturated rings. The summed E-state index contributed by atoms with van der Waals surface area (Å²) in [6.07, 6.45) is 0. The number of hydrogen-bond acceptors (Lipinski definition) is 5. The average Bonchev–Trinajstić information content (AvgIpc) is 2.37. The molecule has 0 saturated carbocycles. The first-order chi connectivity index (χ1) is 8.90. The monoisotopic (exact) mass is 266 g/mol. The van der Waals surface area contributed by atoms with Crippen molar-refractivity contribution in [3.05, 3.63) is 29.8 Å². The molecule has 0 aliphatic carbocycles. The molecule has 0 aromatic heterocycles. The number of methoxy groups -OCH3 is 1. The first-order valence-corrected chi connectivity index (χ1v) is 6.18. The normalized spacial score (nSPS) is 14.2. The molecule has 1 unspecified atom stereocenters. The average molecular weight is 266 g/mol. The van der Waals surface area contributed by atoms with Gasteiger partial charge in [0.2, 0.25) is 0 Å². The summed E-state index contributed by atoms with van der Waals surface area (Å²) < 4.78 is 4.87. The van der Waals surface area contributed by atoms with Crippen LogP contribution in [0.2, 0.25) is 0 Å². The quantitative estimate of drug-likeness (QED) is 0.750. The minimum absolute atomic E-state index is 0.127. The number of nitrogens with one attached hydrogen (secondary N) is 1. The van der Waals surface area contributed by atoms with Crippen LogP contribution in [-0.2, 0) is 15.1 Å². The topological polar surface area (TPSA) is 61.8 Å². The van der Waals surface area contributed by atoms with Gasteiger partial charge in [0.05, 0.1) is 7.11 Å². The van der Waals surface area contributed by atoms with Crippen molar-refractivity contribution < 1.29 is 14.6 Å². The molecule has 1 aromatic carbocycles. The Morgan fingerprint density at radius 2 is 2.16 bits per heavy atom. The van der Waals surface area contributed by atoms with Crippen LogP contribution < -0.4 is 5.32 Å². The van der Waals surface area contributed by atoms with E-state index in [9.17, 15) is 9.90 Å². The Balaban J connectivity index is 2.96. The zero-order valence-corrected chi connectivity index (χ0v) is 11.9. The molecule has 1 aromatic rings. The van der Waals surface area contributed by atoms with Crippen LogP contribution >= 0.6 is 0 Å². The Morgan fingerprint density at radius 1 is 1.47 bits per heavy atom. The molecule has 1 atom stereocenters. The molecule has 0 saturated heterocycles. The first kappa shape index (κ1) is 15.5. The standard InChI is InChI=1S/C14H22N2O3/c1-14(13(18)19-4,15-8-9-16(2)3)11-6-5-7-12(17)10-11/h5-7,10,15,17H,8-9H2,1-4H3. The number of esters is 1. The summed E-state index contributed by atoms with van der Waals surface area (Å²) >= 11 is 0. The highest BCUT2D eigenvalue weighted by Gasteiger charge is 2.36. The third-order valence-electron chi connectivity index (χ3n) is 3.05. The molecular weight excluding hydrogens is 244 g/mol. The first-order valence-electron chi connectivity index (χ1n) is 6.18. The van der Waals surface area contributed by atoms with E-state index in [1.54, 1.807) is 31.2 Å². The zero-order valence-electron chi connectivity index (χ0n) is 11.9. The predicted octanol–water partition coefficient (Wildman–Crippen LogP) is 0.932. The lowest BCUT2D eigenvalue weighted by molar-refractivity contribution is -0.148. The summed E-state index contributed by atoms with van der Waals surface area (Å²) in [7, 11) is 5.29. The zero-order chi connectivity index (χ0) is 14.5. The van der Waals surface area contributed by atoms with Crippen LogP contribution in [-0.4, -0.2) is 50.3 Å². The van der Waals surface area contributed by atoms with Gasteiger partial charge in [-0.3, -0.25) is 5.32 Å². The van der Waals surface area contributed by atoms with Crippen molar-refractivity contribution in [2.75, 3.05) is 34.3 Å². The van der Waals surface area contributed by atoms with Gasteiger partial charge in [-0.15, -0.1) is 0 Å². The lowest BCUT2D eigenvalue weighted by Gasteiger charge is -2.29. The highest BCUT2D eigenvalue weighted by atomic mass is 16.5. The Morgan fingerprint density at radius 3 is 2.68 bits per heavy atom. The van der Waals surface area contributed by atoms with Gasteiger partial charge in [-0.1, -0.05) is 12.1 Å². The second kappa shape index (κ2) is 6.54. The molecule has 0 aliphatic heterocycles. The molecule has 0 bridgehead atoms. The van der Waals surface area contributed by atoms with Gasteiger partial charge in [-0.2, -0.15) is 0 Å². The fourth-order valence-electron chi connectivity index (χ4n) is 1.84. The third kappa shape index (κ3) is 3.94. The summed E-state index contributed by atoms with van der Waals surface area (Å²) in [5.41, 5.74) is -0.290. The van der Waals surface area contributed by atoms with Crippen molar-refractivity contribution >= 4 is 5.97 Å². The number of carbonyl (C=O) groups excluding carboxylic acids is 1. The van der Waals surface area contributed by atoms with E-state index in [4.69, 9.17) is 4.74 Å². The van der Waals surface area contributed by atoms with E-state index in [-0.39, 0.29) is 11.7 Å². The third-order valence-corrected chi connectivity index (χ3v) is 3.05. The van der Waals surface area contributed by atoms with Crippen molar-refractivity contribution in [2.45, 2.75) is 12.5 Å². The summed E-state index contributed by atoms with van der Waals surface area (Å²) in [5, 5.41) is 12.8. The van der Waals surface area contributed by atoms with Crippen molar-refractivity contribution in [1.82, 2.24) is 10.2 Å². The fraction of sp³-hybridized carbons (Fsp3) is 0.500. The number of hydrogen-bond donors (Lipinski definition) is 2. The summed E-state index contributed by atoms with van der Waals surface area (Å²) in [5.74, 6) is -0.251. The lowest BCUT2D eigenvalue weighted by atomic mass is 9.91. The maximum atomic E-state index is 12.0. The van der Waals surface area contributed by atoms with Crippen LogP contribution in [0.3, 0.4) is 0 Å². The Hall–Kier alpha value is -1.59. The van der Waals surface area contributed by atoms with Gasteiger partial charge in [-0.25, -0.2) is 4.79 Å². The van der Waals surface area contributed by atoms with Crippen molar-refractivity contribution in [2.24, 2.45) is 0 Å². The lowest BCUT2D eigenvalue weighted by Crippen LogP contribution is -2.49. The van der Waals surface area contributed by atoms with Gasteiger partial charge in [-0.05, 0) is 38.7 Å². The molecule has 2 N–H and O–H groups in total. The molecule has 5 heteroatoms. The van der Waals surface area contributed by atoms with Crippen molar-refractivity contribution in [1.29, 1.82) is 0 Å². The minimum atomic E-state index is -0.969. The van der Waals surface area contributed by atoms with Crippen LogP contribution in [0.4, 0.5) is 0 Å². The summed E-state index contributed by atoms with van der Waals surface area (Å²) in [6.45, 7) is 3.18. The number of likely N-dealkylation sites (N-methyl/N-ethyl adjacent to an activating group) is 1. The van der Waals surface area contributed by atoms with Crippen molar-refractivity contribution in [3.63, 3.8) is 0 Å². The van der Waals surface area contributed by atoms with Gasteiger partial charge < -0.3 is 14.7 Å². The Labute approximate surface area is 114 Å². The van der Waals surface area contributed by atoms with Gasteiger partial charge in [0, 0.05) is 13.1 Å². The molecule has 0 heterocycles. The second-order valence-corrected chi connectivity index (χ2v) is 4.90. The molecule has 0 spiro atoms. The SMILES string of the molecule is COC(=O)C(C)(NCCN(C)C)c1cccc(O)c1. The van der Waals surface area contributed by atoms with Crippen LogP contribution in [0.5, 0.6) is 5.75 Å². The summed E-state index contributed by atoms with van der Waals surface area (Å²) in [4.78, 5) is 14.1. The molecule has 19 heavy (non-hydrogen) atoms. The van der Waals surface area contributed by atoms with Gasteiger partial charge >= 0.3 is 5.97 Å². The highest BCUT2D eigenvalue weighted by Crippen LogP contribution is 2.25. The number of aromatic hydroxyl groups is 1. The number of carbonyl (C=O) groups is 1. The molecular formula is C14H22N2O3. The van der Waals surface area contributed by atoms with Gasteiger partial charge in [0.1, 0.15) is 11.3 Å².